The minimum absolute atomic E-state index is 0.172. The van der Waals surface area contributed by atoms with E-state index in [0.717, 1.165) is 16.7 Å². The maximum absolute atomic E-state index is 6.16. The first kappa shape index (κ1) is 12.7. The molecule has 0 radical (unpaired) electrons. The second-order valence-corrected chi connectivity index (χ2v) is 5.39. The number of hydrogen-bond acceptors (Lipinski definition) is 3. The molecule has 0 saturated heterocycles. The van der Waals surface area contributed by atoms with Gasteiger partial charge in [-0.1, -0.05) is 37.5 Å². The summed E-state index contributed by atoms with van der Waals surface area (Å²) in [6.45, 7) is 0.546. The van der Waals surface area contributed by atoms with Gasteiger partial charge in [0.25, 0.3) is 0 Å². The van der Waals surface area contributed by atoms with Crippen LogP contribution in [0, 0.1) is 0 Å². The predicted octanol–water partition coefficient (Wildman–Crippen LogP) is 3.78. The van der Waals surface area contributed by atoms with Gasteiger partial charge in [-0.05, 0) is 25.0 Å². The van der Waals surface area contributed by atoms with E-state index in [-0.39, 0.29) is 6.04 Å². The molecule has 0 spiro atoms. The van der Waals surface area contributed by atoms with E-state index in [1.807, 2.05) is 30.3 Å². The molecule has 1 aromatic carbocycles. The number of hydrogen-bond donors (Lipinski definition) is 1. The fourth-order valence-electron chi connectivity index (χ4n) is 2.74. The highest BCUT2D eigenvalue weighted by Gasteiger charge is 2.17. The molecule has 3 rings (SSSR count). The summed E-state index contributed by atoms with van der Waals surface area (Å²) in [4.78, 5) is 0. The van der Waals surface area contributed by atoms with Gasteiger partial charge in [0.15, 0.2) is 0 Å². The predicted molar refractivity (Wildman–Crippen MR) is 76.0 cm³/mol. The van der Waals surface area contributed by atoms with Crippen molar-refractivity contribution >= 4 is 11.0 Å². The van der Waals surface area contributed by atoms with Crippen LogP contribution < -0.4 is 5.73 Å². The Balaban J connectivity index is 1.61. The minimum Gasteiger partial charge on any atom is -0.459 e. The van der Waals surface area contributed by atoms with Crippen LogP contribution in [0.1, 0.15) is 43.9 Å². The van der Waals surface area contributed by atoms with Crippen molar-refractivity contribution in [3.63, 3.8) is 0 Å². The largest absolute Gasteiger partial charge is 0.459 e. The number of para-hydroxylation sites is 1. The number of furan rings is 1. The van der Waals surface area contributed by atoms with E-state index in [0.29, 0.717) is 12.7 Å². The second kappa shape index (κ2) is 5.76. The molecule has 0 amide bonds. The number of benzene rings is 1. The average molecular weight is 259 g/mol. The van der Waals surface area contributed by atoms with Gasteiger partial charge in [-0.15, -0.1) is 0 Å². The maximum atomic E-state index is 6.16. The lowest BCUT2D eigenvalue weighted by molar-refractivity contribution is 0.0183. The van der Waals surface area contributed by atoms with Gasteiger partial charge in [0, 0.05) is 5.39 Å². The summed E-state index contributed by atoms with van der Waals surface area (Å²) in [7, 11) is 0. The molecular formula is C16H21NO2. The Bertz CT molecular complexity index is 495. The van der Waals surface area contributed by atoms with Crippen LogP contribution in [0.4, 0.5) is 0 Å². The van der Waals surface area contributed by atoms with Gasteiger partial charge in [0.2, 0.25) is 0 Å². The average Bonchev–Trinajstić information content (AvgIpc) is 2.90. The highest BCUT2D eigenvalue weighted by atomic mass is 16.5. The van der Waals surface area contributed by atoms with Crippen LogP contribution in [0.3, 0.4) is 0 Å². The first-order chi connectivity index (χ1) is 9.33. The van der Waals surface area contributed by atoms with Gasteiger partial charge in [-0.25, -0.2) is 0 Å². The molecular weight excluding hydrogens is 238 g/mol. The lowest BCUT2D eigenvalue weighted by Crippen LogP contribution is -2.23. The number of fused-ring (bicyclic) bond motifs is 1. The Hall–Kier alpha value is -1.32. The summed E-state index contributed by atoms with van der Waals surface area (Å²) in [5.41, 5.74) is 7.05. The van der Waals surface area contributed by atoms with Crippen LogP contribution in [0.25, 0.3) is 11.0 Å². The van der Waals surface area contributed by atoms with Crippen LogP contribution in [0.15, 0.2) is 34.7 Å². The molecule has 3 heteroatoms. The number of nitrogens with two attached hydrogens (primary N) is 1. The zero-order valence-corrected chi connectivity index (χ0v) is 11.2. The zero-order valence-electron chi connectivity index (χ0n) is 11.2. The van der Waals surface area contributed by atoms with Gasteiger partial charge in [-0.3, -0.25) is 0 Å². The molecule has 3 nitrogen and oxygen atoms in total. The Kier molecular flexibility index (Phi) is 3.85. The Morgan fingerprint density at radius 1 is 1.21 bits per heavy atom. The molecule has 1 unspecified atom stereocenters. The van der Waals surface area contributed by atoms with Gasteiger partial charge < -0.3 is 14.9 Å². The van der Waals surface area contributed by atoms with Crippen LogP contribution in [-0.4, -0.2) is 12.7 Å². The van der Waals surface area contributed by atoms with Gasteiger partial charge >= 0.3 is 0 Å². The molecule has 1 aromatic heterocycles. The summed E-state index contributed by atoms with van der Waals surface area (Å²) in [5.74, 6) is 0.817. The molecule has 1 fully saturated rings. The molecule has 1 aliphatic rings. The van der Waals surface area contributed by atoms with E-state index in [1.165, 1.54) is 32.1 Å². The molecule has 1 atom stereocenters. The lowest BCUT2D eigenvalue weighted by Gasteiger charge is -2.23. The summed E-state index contributed by atoms with van der Waals surface area (Å²) in [6.07, 6.45) is 6.65. The molecule has 1 aliphatic carbocycles. The van der Waals surface area contributed by atoms with E-state index < -0.39 is 0 Å². The minimum atomic E-state index is -0.172. The van der Waals surface area contributed by atoms with Crippen molar-refractivity contribution in [1.29, 1.82) is 0 Å². The van der Waals surface area contributed by atoms with Crippen molar-refractivity contribution in [2.45, 2.75) is 44.2 Å². The van der Waals surface area contributed by atoms with Crippen molar-refractivity contribution < 1.29 is 9.15 Å². The zero-order chi connectivity index (χ0) is 13.1. The van der Waals surface area contributed by atoms with Gasteiger partial charge in [0.05, 0.1) is 18.8 Å². The van der Waals surface area contributed by atoms with Crippen LogP contribution >= 0.6 is 0 Å². The second-order valence-electron chi connectivity index (χ2n) is 5.39. The fourth-order valence-corrected chi connectivity index (χ4v) is 2.74. The van der Waals surface area contributed by atoms with E-state index in [4.69, 9.17) is 14.9 Å². The van der Waals surface area contributed by atoms with Crippen LogP contribution in [-0.2, 0) is 4.74 Å². The molecule has 2 aromatic rings. The van der Waals surface area contributed by atoms with Crippen molar-refractivity contribution in [2.75, 3.05) is 6.61 Å². The normalized spacial score (nSPS) is 18.8. The summed E-state index contributed by atoms with van der Waals surface area (Å²) in [6, 6.07) is 9.83. The molecule has 2 N–H and O–H groups in total. The van der Waals surface area contributed by atoms with Crippen LogP contribution in [0.2, 0.25) is 0 Å². The Morgan fingerprint density at radius 3 is 2.79 bits per heavy atom. The van der Waals surface area contributed by atoms with E-state index in [1.54, 1.807) is 0 Å². The molecule has 0 aliphatic heterocycles. The highest BCUT2D eigenvalue weighted by Crippen LogP contribution is 2.25. The molecule has 1 heterocycles. The smallest absolute Gasteiger partial charge is 0.134 e. The molecule has 1 saturated carbocycles. The van der Waals surface area contributed by atoms with E-state index in [9.17, 15) is 0 Å². The first-order valence-corrected chi connectivity index (χ1v) is 7.18. The van der Waals surface area contributed by atoms with E-state index in [2.05, 4.69) is 0 Å². The quantitative estimate of drug-likeness (QED) is 0.909. The van der Waals surface area contributed by atoms with Crippen LogP contribution in [0.5, 0.6) is 0 Å². The van der Waals surface area contributed by atoms with Crippen molar-refractivity contribution in [1.82, 2.24) is 0 Å². The Morgan fingerprint density at radius 2 is 2.00 bits per heavy atom. The third-order valence-electron chi connectivity index (χ3n) is 3.87. The van der Waals surface area contributed by atoms with Gasteiger partial charge in [-0.2, -0.15) is 0 Å². The summed E-state index contributed by atoms with van der Waals surface area (Å²) < 4.78 is 11.7. The highest BCUT2D eigenvalue weighted by molar-refractivity contribution is 5.77. The third-order valence-corrected chi connectivity index (χ3v) is 3.87. The van der Waals surface area contributed by atoms with Gasteiger partial charge in [0.1, 0.15) is 11.3 Å². The topological polar surface area (TPSA) is 48.4 Å². The van der Waals surface area contributed by atoms with E-state index >= 15 is 0 Å². The lowest BCUT2D eigenvalue weighted by atomic mass is 9.98. The SMILES string of the molecule is NC(COC1CCCCC1)c1cc2ccccc2o1. The molecule has 0 bridgehead atoms. The van der Waals surface area contributed by atoms with Crippen molar-refractivity contribution in [3.8, 4) is 0 Å². The molecule has 19 heavy (non-hydrogen) atoms. The standard InChI is InChI=1S/C16H21NO2/c17-14(11-18-13-7-2-1-3-8-13)16-10-12-6-4-5-9-15(12)19-16/h4-6,9-10,13-14H,1-3,7-8,11,17H2. The summed E-state index contributed by atoms with van der Waals surface area (Å²) in [5, 5.41) is 1.10. The third kappa shape index (κ3) is 2.99. The molecule has 102 valence electrons. The summed E-state index contributed by atoms with van der Waals surface area (Å²) >= 11 is 0. The number of ether oxygens (including phenoxy) is 1. The maximum Gasteiger partial charge on any atom is 0.134 e. The fraction of sp³-hybridized carbons (Fsp3) is 0.500. The van der Waals surface area contributed by atoms with Crippen molar-refractivity contribution in [2.24, 2.45) is 5.73 Å². The number of rotatable bonds is 4. The van der Waals surface area contributed by atoms with Crippen molar-refractivity contribution in [3.05, 3.63) is 36.1 Å². The Labute approximate surface area is 113 Å². The monoisotopic (exact) mass is 259 g/mol. The first-order valence-electron chi connectivity index (χ1n) is 7.18.